The molecule has 0 saturated carbocycles. The predicted octanol–water partition coefficient (Wildman–Crippen LogP) is 6.39. The number of nitro groups is 1. The summed E-state index contributed by atoms with van der Waals surface area (Å²) in [4.78, 5) is 33.5. The maximum absolute atomic E-state index is 11.5. The molecular weight excluding hydrogens is 484 g/mol. The van der Waals surface area contributed by atoms with Crippen molar-refractivity contribution < 1.29 is 24.0 Å². The van der Waals surface area contributed by atoms with Gasteiger partial charge >= 0.3 is 11.9 Å². The summed E-state index contributed by atoms with van der Waals surface area (Å²) in [7, 11) is 2.54. The van der Waals surface area contributed by atoms with Gasteiger partial charge in [0.15, 0.2) is 0 Å². The van der Waals surface area contributed by atoms with Crippen molar-refractivity contribution in [3.05, 3.63) is 117 Å². The Bertz CT molecular complexity index is 1500. The van der Waals surface area contributed by atoms with Crippen LogP contribution in [0, 0.1) is 24.0 Å². The molecule has 8 heteroatoms. The molecule has 0 saturated heterocycles. The molecule has 0 fully saturated rings. The standard InChI is InChI=1S/C15H13NO4.C15H15NO2/c1-10-5-3-4-6-12(10)11-7-8-13(15(17)20-2)14(9-11)16(18)19;1-10-5-3-4-6-12(10)11-7-8-13(14(16)9-11)15(17)18-2/h3-9H,1-2H3;3-9H,16H2,1-2H3. The molecule has 4 aromatic carbocycles. The fourth-order valence-corrected chi connectivity index (χ4v) is 3.95. The minimum Gasteiger partial charge on any atom is -0.465 e. The van der Waals surface area contributed by atoms with Gasteiger partial charge in [-0.15, -0.1) is 0 Å². The smallest absolute Gasteiger partial charge is 0.344 e. The van der Waals surface area contributed by atoms with Crippen LogP contribution in [-0.2, 0) is 9.47 Å². The monoisotopic (exact) mass is 512 g/mol. The van der Waals surface area contributed by atoms with Crippen LogP contribution in [0.5, 0.6) is 0 Å². The van der Waals surface area contributed by atoms with Gasteiger partial charge in [-0.05, 0) is 65.4 Å². The number of hydrogen-bond donors (Lipinski definition) is 1. The lowest BCUT2D eigenvalue weighted by molar-refractivity contribution is -0.385. The van der Waals surface area contributed by atoms with E-state index in [0.29, 0.717) is 16.8 Å². The Morgan fingerprint density at radius 2 is 1.16 bits per heavy atom. The summed E-state index contributed by atoms with van der Waals surface area (Å²) in [5.41, 5.74) is 12.3. The molecule has 2 N–H and O–H groups in total. The van der Waals surface area contributed by atoms with E-state index in [2.05, 4.69) is 9.47 Å². The van der Waals surface area contributed by atoms with Crippen LogP contribution in [0.1, 0.15) is 31.8 Å². The van der Waals surface area contributed by atoms with Gasteiger partial charge in [-0.2, -0.15) is 0 Å². The van der Waals surface area contributed by atoms with Gasteiger partial charge in [0.1, 0.15) is 5.56 Å². The van der Waals surface area contributed by atoms with Crippen LogP contribution in [0.25, 0.3) is 22.3 Å². The van der Waals surface area contributed by atoms with E-state index in [1.54, 1.807) is 18.2 Å². The molecule has 0 aliphatic rings. The highest BCUT2D eigenvalue weighted by atomic mass is 16.6. The third kappa shape index (κ3) is 6.22. The lowest BCUT2D eigenvalue weighted by atomic mass is 9.98. The van der Waals surface area contributed by atoms with Gasteiger partial charge < -0.3 is 15.2 Å². The lowest BCUT2D eigenvalue weighted by Crippen LogP contribution is -2.05. The minimum atomic E-state index is -0.715. The van der Waals surface area contributed by atoms with Crippen LogP contribution >= 0.6 is 0 Å². The van der Waals surface area contributed by atoms with E-state index in [9.17, 15) is 19.7 Å². The van der Waals surface area contributed by atoms with Crippen molar-refractivity contribution in [3.63, 3.8) is 0 Å². The van der Waals surface area contributed by atoms with Crippen LogP contribution in [0.15, 0.2) is 84.9 Å². The van der Waals surface area contributed by atoms with Gasteiger partial charge in [0, 0.05) is 11.8 Å². The van der Waals surface area contributed by atoms with Crippen LogP contribution in [0.3, 0.4) is 0 Å². The maximum Gasteiger partial charge on any atom is 0.344 e. The number of methoxy groups -OCH3 is 2. The van der Waals surface area contributed by atoms with E-state index in [1.165, 1.54) is 31.9 Å². The number of ether oxygens (including phenoxy) is 2. The second kappa shape index (κ2) is 12.3. The molecule has 0 aromatic heterocycles. The number of rotatable bonds is 5. The molecule has 0 atom stereocenters. The third-order valence-corrected chi connectivity index (χ3v) is 5.97. The first-order valence-corrected chi connectivity index (χ1v) is 11.6. The Kier molecular flexibility index (Phi) is 8.95. The molecule has 194 valence electrons. The van der Waals surface area contributed by atoms with Crippen molar-refractivity contribution in [3.8, 4) is 22.3 Å². The van der Waals surface area contributed by atoms with Crippen molar-refractivity contribution in [2.45, 2.75) is 13.8 Å². The first kappa shape index (κ1) is 27.6. The maximum atomic E-state index is 11.5. The topological polar surface area (TPSA) is 122 Å². The van der Waals surface area contributed by atoms with Gasteiger partial charge in [0.25, 0.3) is 5.69 Å². The molecule has 0 aliphatic heterocycles. The molecule has 0 radical (unpaired) electrons. The Morgan fingerprint density at radius 1 is 0.711 bits per heavy atom. The number of hydrogen-bond acceptors (Lipinski definition) is 7. The van der Waals surface area contributed by atoms with E-state index in [-0.39, 0.29) is 11.3 Å². The number of esters is 2. The lowest BCUT2D eigenvalue weighted by Gasteiger charge is -2.09. The normalized spacial score (nSPS) is 10.1. The molecule has 0 heterocycles. The number of nitrogens with two attached hydrogens (primary N) is 1. The van der Waals surface area contributed by atoms with Crippen molar-refractivity contribution in [1.29, 1.82) is 0 Å². The Hall–Kier alpha value is -4.98. The van der Waals surface area contributed by atoms with Gasteiger partial charge in [0.05, 0.1) is 24.7 Å². The first-order chi connectivity index (χ1) is 18.2. The number of anilines is 1. The average molecular weight is 513 g/mol. The molecule has 0 spiro atoms. The number of aryl methyl sites for hydroxylation is 2. The Labute approximate surface area is 220 Å². The fourth-order valence-electron chi connectivity index (χ4n) is 3.95. The first-order valence-electron chi connectivity index (χ1n) is 11.6. The number of nitro benzene ring substituents is 1. The van der Waals surface area contributed by atoms with Gasteiger partial charge in [0.2, 0.25) is 0 Å². The highest BCUT2D eigenvalue weighted by Crippen LogP contribution is 2.30. The highest BCUT2D eigenvalue weighted by Gasteiger charge is 2.22. The van der Waals surface area contributed by atoms with Crippen molar-refractivity contribution in [1.82, 2.24) is 0 Å². The van der Waals surface area contributed by atoms with Crippen molar-refractivity contribution >= 4 is 23.3 Å². The summed E-state index contributed by atoms with van der Waals surface area (Å²) in [5.74, 6) is -1.13. The molecule has 0 aliphatic carbocycles. The molecule has 0 bridgehead atoms. The summed E-state index contributed by atoms with van der Waals surface area (Å²) in [6, 6.07) is 25.5. The summed E-state index contributed by atoms with van der Waals surface area (Å²) < 4.78 is 9.22. The zero-order chi connectivity index (χ0) is 27.8. The molecule has 4 rings (SSSR count). The SMILES string of the molecule is COC(=O)c1ccc(-c2ccccc2C)cc1N.COC(=O)c1ccc(-c2ccccc2C)cc1[N+](=O)[O-]. The van der Waals surface area contributed by atoms with Crippen LogP contribution in [0.2, 0.25) is 0 Å². The Balaban J connectivity index is 0.000000212. The van der Waals surface area contributed by atoms with Crippen LogP contribution in [0.4, 0.5) is 11.4 Å². The second-order valence-corrected chi connectivity index (χ2v) is 8.40. The highest BCUT2D eigenvalue weighted by molar-refractivity contribution is 5.96. The van der Waals surface area contributed by atoms with Gasteiger partial charge in [-0.25, -0.2) is 9.59 Å². The Morgan fingerprint density at radius 3 is 1.61 bits per heavy atom. The largest absolute Gasteiger partial charge is 0.465 e. The molecule has 0 unspecified atom stereocenters. The minimum absolute atomic E-state index is 0.0464. The number of nitrogens with zero attached hydrogens (tertiary/aromatic N) is 1. The summed E-state index contributed by atoms with van der Waals surface area (Å²) in [6.07, 6.45) is 0. The number of carbonyl (C=O) groups excluding carboxylic acids is 2. The van der Waals surface area contributed by atoms with E-state index >= 15 is 0 Å². The summed E-state index contributed by atoms with van der Waals surface area (Å²) in [6.45, 7) is 3.97. The zero-order valence-electron chi connectivity index (χ0n) is 21.6. The average Bonchev–Trinajstić information content (AvgIpc) is 2.92. The zero-order valence-corrected chi connectivity index (χ0v) is 21.6. The van der Waals surface area contributed by atoms with Gasteiger partial charge in [-0.1, -0.05) is 60.7 Å². The predicted molar refractivity (Wildman–Crippen MR) is 147 cm³/mol. The van der Waals surface area contributed by atoms with E-state index in [4.69, 9.17) is 5.73 Å². The molecule has 38 heavy (non-hydrogen) atoms. The molecule has 0 amide bonds. The van der Waals surface area contributed by atoms with Crippen LogP contribution < -0.4 is 5.73 Å². The summed E-state index contributed by atoms with van der Waals surface area (Å²) >= 11 is 0. The number of carbonyl (C=O) groups is 2. The quantitative estimate of drug-likeness (QED) is 0.142. The fraction of sp³-hybridized carbons (Fsp3) is 0.133. The molecular formula is C30H28N2O6. The van der Waals surface area contributed by atoms with E-state index in [0.717, 1.165) is 22.3 Å². The van der Waals surface area contributed by atoms with Crippen molar-refractivity contribution in [2.24, 2.45) is 0 Å². The van der Waals surface area contributed by atoms with E-state index in [1.807, 2.05) is 68.4 Å². The van der Waals surface area contributed by atoms with Crippen molar-refractivity contribution in [2.75, 3.05) is 20.0 Å². The third-order valence-electron chi connectivity index (χ3n) is 5.97. The van der Waals surface area contributed by atoms with E-state index < -0.39 is 16.9 Å². The van der Waals surface area contributed by atoms with Gasteiger partial charge in [-0.3, -0.25) is 10.1 Å². The van der Waals surface area contributed by atoms with Crippen LogP contribution in [-0.4, -0.2) is 31.1 Å². The molecule has 4 aromatic rings. The second-order valence-electron chi connectivity index (χ2n) is 8.40. The number of benzene rings is 4. The number of nitrogen functional groups attached to an aromatic ring is 1. The molecule has 8 nitrogen and oxygen atoms in total. The summed E-state index contributed by atoms with van der Waals surface area (Å²) in [5, 5.41) is 11.1.